The van der Waals surface area contributed by atoms with E-state index in [0.717, 1.165) is 24.0 Å². The summed E-state index contributed by atoms with van der Waals surface area (Å²) in [5.74, 6) is 1.67. The number of benzene rings is 1. The normalized spacial score (nSPS) is 18.6. The number of nitrogens with two attached hydrogens (primary N) is 1. The molecule has 1 saturated carbocycles. The standard InChI is InChI=1S/C16H22N2O/c1-11(12-6-7-12)9-18-15(8-17)14-10-19-16-5-3-2-4-13(14)16/h2-5,10-12,15,18H,6-9,17H2,1H3. The van der Waals surface area contributed by atoms with Crippen molar-refractivity contribution in [2.45, 2.75) is 25.8 Å². The molecule has 1 aliphatic carbocycles. The topological polar surface area (TPSA) is 51.2 Å². The molecule has 2 unspecified atom stereocenters. The molecule has 0 aliphatic heterocycles. The Morgan fingerprint density at radius 2 is 2.16 bits per heavy atom. The van der Waals surface area contributed by atoms with E-state index in [-0.39, 0.29) is 6.04 Å². The maximum Gasteiger partial charge on any atom is 0.134 e. The van der Waals surface area contributed by atoms with Crippen LogP contribution < -0.4 is 11.1 Å². The van der Waals surface area contributed by atoms with Crippen LogP contribution in [0.1, 0.15) is 31.4 Å². The van der Waals surface area contributed by atoms with E-state index in [0.29, 0.717) is 6.54 Å². The lowest BCUT2D eigenvalue weighted by Gasteiger charge is -2.19. The summed E-state index contributed by atoms with van der Waals surface area (Å²) in [6.07, 6.45) is 4.63. The number of hydrogen-bond acceptors (Lipinski definition) is 3. The van der Waals surface area contributed by atoms with E-state index in [9.17, 15) is 0 Å². The van der Waals surface area contributed by atoms with Crippen LogP contribution in [-0.4, -0.2) is 13.1 Å². The van der Waals surface area contributed by atoms with Gasteiger partial charge in [0.15, 0.2) is 0 Å². The van der Waals surface area contributed by atoms with Gasteiger partial charge < -0.3 is 15.5 Å². The Kier molecular flexibility index (Phi) is 3.58. The molecule has 2 atom stereocenters. The molecule has 3 rings (SSSR count). The van der Waals surface area contributed by atoms with Crippen LogP contribution in [0.25, 0.3) is 11.0 Å². The van der Waals surface area contributed by atoms with E-state index in [4.69, 9.17) is 10.2 Å². The second-order valence-corrected chi connectivity index (χ2v) is 5.70. The average Bonchev–Trinajstić information content (AvgIpc) is 3.21. The largest absolute Gasteiger partial charge is 0.464 e. The summed E-state index contributed by atoms with van der Waals surface area (Å²) >= 11 is 0. The number of hydrogen-bond donors (Lipinski definition) is 2. The number of furan rings is 1. The molecule has 102 valence electrons. The summed E-state index contributed by atoms with van der Waals surface area (Å²) in [4.78, 5) is 0. The third-order valence-corrected chi connectivity index (χ3v) is 4.24. The van der Waals surface area contributed by atoms with Gasteiger partial charge in [0.25, 0.3) is 0 Å². The molecule has 1 heterocycles. The molecular weight excluding hydrogens is 236 g/mol. The highest BCUT2D eigenvalue weighted by atomic mass is 16.3. The number of fused-ring (bicyclic) bond motifs is 1. The lowest BCUT2D eigenvalue weighted by atomic mass is 10.0. The molecule has 1 aromatic heterocycles. The van der Waals surface area contributed by atoms with Crippen molar-refractivity contribution in [3.8, 4) is 0 Å². The van der Waals surface area contributed by atoms with Crippen LogP contribution in [-0.2, 0) is 0 Å². The molecular formula is C16H22N2O. The molecule has 0 radical (unpaired) electrons. The van der Waals surface area contributed by atoms with Crippen LogP contribution in [0.3, 0.4) is 0 Å². The van der Waals surface area contributed by atoms with E-state index in [2.05, 4.69) is 18.3 Å². The zero-order valence-corrected chi connectivity index (χ0v) is 11.4. The monoisotopic (exact) mass is 258 g/mol. The lowest BCUT2D eigenvalue weighted by Crippen LogP contribution is -2.31. The predicted molar refractivity (Wildman–Crippen MR) is 77.9 cm³/mol. The Labute approximate surface area is 114 Å². The number of rotatable bonds is 6. The SMILES string of the molecule is CC(CNC(CN)c1coc2ccccc12)C1CC1. The highest BCUT2D eigenvalue weighted by Gasteiger charge is 2.28. The van der Waals surface area contributed by atoms with Gasteiger partial charge in [-0.3, -0.25) is 0 Å². The zero-order valence-electron chi connectivity index (χ0n) is 11.4. The van der Waals surface area contributed by atoms with E-state index in [1.54, 1.807) is 0 Å². The zero-order chi connectivity index (χ0) is 13.2. The maximum atomic E-state index is 5.93. The van der Waals surface area contributed by atoms with Gasteiger partial charge in [0.2, 0.25) is 0 Å². The van der Waals surface area contributed by atoms with Crippen molar-refractivity contribution in [3.05, 3.63) is 36.1 Å². The molecule has 0 amide bonds. The molecule has 0 spiro atoms. The summed E-state index contributed by atoms with van der Waals surface area (Å²) < 4.78 is 5.60. The molecule has 0 saturated heterocycles. The quantitative estimate of drug-likeness (QED) is 0.837. The maximum absolute atomic E-state index is 5.93. The summed E-state index contributed by atoms with van der Waals surface area (Å²) in [6, 6.07) is 8.32. The molecule has 19 heavy (non-hydrogen) atoms. The van der Waals surface area contributed by atoms with Gasteiger partial charge in [-0.1, -0.05) is 25.1 Å². The molecule has 1 aliphatic rings. The molecule has 3 heteroatoms. The Bertz CT molecular complexity index is 544. The minimum Gasteiger partial charge on any atom is -0.464 e. The molecule has 0 bridgehead atoms. The average molecular weight is 258 g/mol. The van der Waals surface area contributed by atoms with E-state index in [1.807, 2.05) is 24.5 Å². The first-order valence-electron chi connectivity index (χ1n) is 7.19. The number of para-hydroxylation sites is 1. The fraction of sp³-hybridized carbons (Fsp3) is 0.500. The molecule has 3 nitrogen and oxygen atoms in total. The van der Waals surface area contributed by atoms with Crippen LogP contribution >= 0.6 is 0 Å². The van der Waals surface area contributed by atoms with Crippen LogP contribution in [0.5, 0.6) is 0 Å². The Balaban J connectivity index is 1.73. The predicted octanol–water partition coefficient (Wildman–Crippen LogP) is 3.07. The Morgan fingerprint density at radius 1 is 1.37 bits per heavy atom. The third kappa shape index (κ3) is 2.67. The van der Waals surface area contributed by atoms with Gasteiger partial charge in [0.1, 0.15) is 5.58 Å². The summed E-state index contributed by atoms with van der Waals surface area (Å²) in [5.41, 5.74) is 8.05. The minimum absolute atomic E-state index is 0.185. The van der Waals surface area contributed by atoms with Gasteiger partial charge in [-0.15, -0.1) is 0 Å². The van der Waals surface area contributed by atoms with E-state index < -0.39 is 0 Å². The van der Waals surface area contributed by atoms with Crippen molar-refractivity contribution in [1.82, 2.24) is 5.32 Å². The summed E-state index contributed by atoms with van der Waals surface area (Å²) in [6.45, 7) is 3.96. The fourth-order valence-corrected chi connectivity index (χ4v) is 2.75. The molecule has 2 aromatic rings. The second-order valence-electron chi connectivity index (χ2n) is 5.70. The van der Waals surface area contributed by atoms with Crippen molar-refractivity contribution >= 4 is 11.0 Å². The smallest absolute Gasteiger partial charge is 0.134 e. The first-order chi connectivity index (χ1) is 9.29. The van der Waals surface area contributed by atoms with Crippen molar-refractivity contribution < 1.29 is 4.42 Å². The van der Waals surface area contributed by atoms with Crippen LogP contribution in [0.2, 0.25) is 0 Å². The van der Waals surface area contributed by atoms with Gasteiger partial charge >= 0.3 is 0 Å². The van der Waals surface area contributed by atoms with Gasteiger partial charge in [0.05, 0.1) is 6.26 Å². The third-order valence-electron chi connectivity index (χ3n) is 4.24. The fourth-order valence-electron chi connectivity index (χ4n) is 2.75. The summed E-state index contributed by atoms with van der Waals surface area (Å²) in [5, 5.41) is 4.77. The number of nitrogens with one attached hydrogen (secondary N) is 1. The molecule has 1 fully saturated rings. The van der Waals surface area contributed by atoms with Crippen LogP contribution in [0.15, 0.2) is 34.9 Å². The van der Waals surface area contributed by atoms with Gasteiger partial charge in [-0.25, -0.2) is 0 Å². The van der Waals surface area contributed by atoms with E-state index in [1.165, 1.54) is 23.8 Å². The minimum atomic E-state index is 0.185. The second kappa shape index (κ2) is 5.35. The van der Waals surface area contributed by atoms with Crippen molar-refractivity contribution in [3.63, 3.8) is 0 Å². The molecule has 1 aromatic carbocycles. The van der Waals surface area contributed by atoms with Crippen LogP contribution in [0, 0.1) is 11.8 Å². The van der Waals surface area contributed by atoms with Crippen molar-refractivity contribution in [1.29, 1.82) is 0 Å². The molecule has 3 N–H and O–H groups in total. The summed E-state index contributed by atoms with van der Waals surface area (Å²) in [7, 11) is 0. The Morgan fingerprint density at radius 3 is 2.89 bits per heavy atom. The highest BCUT2D eigenvalue weighted by molar-refractivity contribution is 5.81. The van der Waals surface area contributed by atoms with Gasteiger partial charge in [0, 0.05) is 23.5 Å². The Hall–Kier alpha value is -1.32. The van der Waals surface area contributed by atoms with Gasteiger partial charge in [-0.05, 0) is 37.3 Å². The van der Waals surface area contributed by atoms with Gasteiger partial charge in [-0.2, -0.15) is 0 Å². The van der Waals surface area contributed by atoms with Crippen molar-refractivity contribution in [2.75, 3.05) is 13.1 Å². The van der Waals surface area contributed by atoms with Crippen LogP contribution in [0.4, 0.5) is 0 Å². The van der Waals surface area contributed by atoms with Crippen molar-refractivity contribution in [2.24, 2.45) is 17.6 Å². The highest BCUT2D eigenvalue weighted by Crippen LogP contribution is 2.36. The first kappa shape index (κ1) is 12.7. The first-order valence-corrected chi connectivity index (χ1v) is 7.19. The lowest BCUT2D eigenvalue weighted by molar-refractivity contribution is 0.421. The van der Waals surface area contributed by atoms with E-state index >= 15 is 0 Å².